The van der Waals surface area contributed by atoms with Crippen LogP contribution in [0.2, 0.25) is 5.02 Å². The van der Waals surface area contributed by atoms with E-state index < -0.39 is 34.8 Å². The van der Waals surface area contributed by atoms with Gasteiger partial charge in [0.05, 0.1) is 16.5 Å². The normalized spacial score (nSPS) is 18.2. The highest BCUT2D eigenvalue weighted by molar-refractivity contribution is 6.30. The Morgan fingerprint density at radius 1 is 0.879 bits per heavy atom. The van der Waals surface area contributed by atoms with Crippen molar-refractivity contribution in [3.05, 3.63) is 87.9 Å². The molecule has 0 bridgehead atoms. The van der Waals surface area contributed by atoms with Crippen LogP contribution < -0.4 is 5.32 Å². The molecule has 0 saturated heterocycles. The molecular formula is C24H16ClF6NO. The summed E-state index contributed by atoms with van der Waals surface area (Å²) in [5.74, 6) is -0.508. The molecule has 0 saturated carbocycles. The average Bonchev–Trinajstić information content (AvgIpc) is 2.96. The maximum Gasteiger partial charge on any atom is 0.416 e. The smallest absolute Gasteiger partial charge is 0.325 e. The van der Waals surface area contributed by atoms with Crippen molar-refractivity contribution in [2.75, 3.05) is 5.32 Å². The zero-order chi connectivity index (χ0) is 24.2. The first kappa shape index (κ1) is 23.2. The van der Waals surface area contributed by atoms with E-state index in [4.69, 9.17) is 11.6 Å². The first-order valence-electron chi connectivity index (χ1n) is 9.78. The van der Waals surface area contributed by atoms with Crippen LogP contribution in [-0.4, -0.2) is 5.91 Å². The van der Waals surface area contributed by atoms with Crippen molar-refractivity contribution < 1.29 is 31.1 Å². The molecule has 1 atom stereocenters. The van der Waals surface area contributed by atoms with Crippen LogP contribution in [0.4, 0.5) is 32.0 Å². The number of hydrogen-bond donors (Lipinski definition) is 1. The highest BCUT2D eigenvalue weighted by Gasteiger charge is 2.45. The zero-order valence-electron chi connectivity index (χ0n) is 17.0. The molecule has 0 aliphatic carbocycles. The highest BCUT2D eigenvalue weighted by Crippen LogP contribution is 2.44. The van der Waals surface area contributed by atoms with Gasteiger partial charge in [0.25, 0.3) is 0 Å². The molecule has 1 aliphatic rings. The van der Waals surface area contributed by atoms with E-state index in [1.807, 2.05) is 0 Å². The second-order valence-corrected chi connectivity index (χ2v) is 8.54. The van der Waals surface area contributed by atoms with E-state index in [0.29, 0.717) is 16.8 Å². The van der Waals surface area contributed by atoms with Crippen molar-refractivity contribution in [2.24, 2.45) is 0 Å². The number of benzene rings is 3. The summed E-state index contributed by atoms with van der Waals surface area (Å²) in [6.07, 6.45) is -9.47. The monoisotopic (exact) mass is 483 g/mol. The topological polar surface area (TPSA) is 29.1 Å². The summed E-state index contributed by atoms with van der Waals surface area (Å²) >= 11 is 5.93. The van der Waals surface area contributed by atoms with Crippen molar-refractivity contribution in [1.82, 2.24) is 0 Å². The average molecular weight is 484 g/mol. The van der Waals surface area contributed by atoms with Crippen molar-refractivity contribution in [3.63, 3.8) is 0 Å². The van der Waals surface area contributed by atoms with Crippen LogP contribution in [0.5, 0.6) is 0 Å². The predicted molar refractivity (Wildman–Crippen MR) is 113 cm³/mol. The molecular weight excluding hydrogens is 468 g/mol. The number of rotatable bonds is 3. The van der Waals surface area contributed by atoms with Gasteiger partial charge in [0.1, 0.15) is 0 Å². The Morgan fingerprint density at radius 3 is 2.24 bits per heavy atom. The lowest BCUT2D eigenvalue weighted by molar-refractivity contribution is -0.139. The van der Waals surface area contributed by atoms with Gasteiger partial charge < -0.3 is 5.32 Å². The van der Waals surface area contributed by atoms with Gasteiger partial charge >= 0.3 is 12.4 Å². The zero-order valence-corrected chi connectivity index (χ0v) is 17.8. The molecule has 0 aromatic heterocycles. The van der Waals surface area contributed by atoms with Crippen molar-refractivity contribution in [1.29, 1.82) is 0 Å². The summed E-state index contributed by atoms with van der Waals surface area (Å²) in [7, 11) is 0. The molecule has 2 nitrogen and oxygen atoms in total. The summed E-state index contributed by atoms with van der Waals surface area (Å²) in [5.41, 5.74) is -1.79. The fraction of sp³-hybridized carbons (Fsp3) is 0.208. The SMILES string of the molecule is CC1(Cc2cc(Cl)ccc2C(F)(F)F)C(=O)Nc2ccc(-c3cccc(C(F)(F)F)c3)cc21. The Hall–Kier alpha value is -3.00. The van der Waals surface area contributed by atoms with Crippen LogP contribution in [0.15, 0.2) is 60.7 Å². The van der Waals surface area contributed by atoms with E-state index >= 15 is 0 Å². The standard InChI is InChI=1S/C24H16ClF6NO/c1-22(12-15-10-17(25)6-7-18(15)24(29,30)31)19-11-14(5-8-20(19)32-21(22)33)13-3-2-4-16(9-13)23(26,27)28/h2-11H,12H2,1H3,(H,32,33). The minimum Gasteiger partial charge on any atom is -0.325 e. The molecule has 3 aromatic carbocycles. The van der Waals surface area contributed by atoms with Gasteiger partial charge in [0.2, 0.25) is 5.91 Å². The van der Waals surface area contributed by atoms with Gasteiger partial charge in [-0.1, -0.05) is 29.8 Å². The van der Waals surface area contributed by atoms with Crippen LogP contribution in [0, 0.1) is 0 Å². The second kappa shape index (κ2) is 7.80. The van der Waals surface area contributed by atoms with Gasteiger partial charge in [0.15, 0.2) is 0 Å². The first-order valence-corrected chi connectivity index (χ1v) is 10.2. The number of nitrogens with one attached hydrogen (secondary N) is 1. The number of anilines is 1. The third-order valence-corrected chi connectivity index (χ3v) is 6.04. The lowest BCUT2D eigenvalue weighted by Gasteiger charge is -2.25. The molecule has 0 fully saturated rings. The summed E-state index contributed by atoms with van der Waals surface area (Å²) in [4.78, 5) is 12.9. The minimum absolute atomic E-state index is 0.0953. The molecule has 172 valence electrons. The molecule has 3 aromatic rings. The van der Waals surface area contributed by atoms with Gasteiger partial charge in [-0.3, -0.25) is 4.79 Å². The maximum atomic E-state index is 13.6. The quantitative estimate of drug-likeness (QED) is 0.384. The number of carbonyl (C=O) groups is 1. The molecule has 4 rings (SSSR count). The molecule has 9 heteroatoms. The number of halogens is 7. The van der Waals surface area contributed by atoms with E-state index in [1.54, 1.807) is 12.1 Å². The Kier molecular flexibility index (Phi) is 5.47. The second-order valence-electron chi connectivity index (χ2n) is 8.10. The molecule has 1 N–H and O–H groups in total. The Balaban J connectivity index is 1.80. The van der Waals surface area contributed by atoms with E-state index in [1.165, 1.54) is 31.2 Å². The van der Waals surface area contributed by atoms with Gasteiger partial charge in [-0.2, -0.15) is 26.3 Å². The summed E-state index contributed by atoms with van der Waals surface area (Å²) in [6.45, 7) is 1.51. The van der Waals surface area contributed by atoms with E-state index in [0.717, 1.165) is 24.3 Å². The van der Waals surface area contributed by atoms with Crippen molar-refractivity contribution in [3.8, 4) is 11.1 Å². The van der Waals surface area contributed by atoms with E-state index in [-0.39, 0.29) is 22.6 Å². The summed E-state index contributed by atoms with van der Waals surface area (Å²) in [5, 5.41) is 2.76. The van der Waals surface area contributed by atoms with Gasteiger partial charge in [-0.15, -0.1) is 0 Å². The molecule has 0 radical (unpaired) electrons. The largest absolute Gasteiger partial charge is 0.416 e. The lowest BCUT2D eigenvalue weighted by atomic mass is 9.76. The number of amides is 1. The van der Waals surface area contributed by atoms with Crippen LogP contribution >= 0.6 is 11.6 Å². The fourth-order valence-electron chi connectivity index (χ4n) is 4.09. The number of hydrogen-bond acceptors (Lipinski definition) is 1. The number of carbonyl (C=O) groups excluding carboxylic acids is 1. The van der Waals surface area contributed by atoms with Crippen LogP contribution in [-0.2, 0) is 29.0 Å². The van der Waals surface area contributed by atoms with Crippen molar-refractivity contribution >= 4 is 23.2 Å². The third-order valence-electron chi connectivity index (χ3n) is 5.80. The van der Waals surface area contributed by atoms with E-state index in [2.05, 4.69) is 5.32 Å². The molecule has 0 spiro atoms. The molecule has 1 aliphatic heterocycles. The third kappa shape index (κ3) is 4.31. The molecule has 33 heavy (non-hydrogen) atoms. The van der Waals surface area contributed by atoms with E-state index in [9.17, 15) is 31.1 Å². The van der Waals surface area contributed by atoms with Gasteiger partial charge in [0, 0.05) is 10.7 Å². The van der Waals surface area contributed by atoms with Crippen LogP contribution in [0.25, 0.3) is 11.1 Å². The Bertz CT molecular complexity index is 1250. The Morgan fingerprint density at radius 2 is 1.58 bits per heavy atom. The van der Waals surface area contributed by atoms with Gasteiger partial charge in [-0.25, -0.2) is 0 Å². The highest BCUT2D eigenvalue weighted by atomic mass is 35.5. The maximum absolute atomic E-state index is 13.6. The van der Waals surface area contributed by atoms with Gasteiger partial charge in [-0.05, 0) is 78.1 Å². The number of fused-ring (bicyclic) bond motifs is 1. The molecule has 1 unspecified atom stereocenters. The fourth-order valence-corrected chi connectivity index (χ4v) is 4.28. The summed E-state index contributed by atoms with van der Waals surface area (Å²) < 4.78 is 80.1. The Labute approximate surface area is 190 Å². The van der Waals surface area contributed by atoms with Crippen LogP contribution in [0.3, 0.4) is 0 Å². The predicted octanol–water partition coefficient (Wildman–Crippen LogP) is 7.50. The lowest BCUT2D eigenvalue weighted by Crippen LogP contribution is -2.34. The molecule has 1 amide bonds. The van der Waals surface area contributed by atoms with Crippen molar-refractivity contribution in [2.45, 2.75) is 31.1 Å². The number of alkyl halides is 6. The molecule has 1 heterocycles. The minimum atomic E-state index is -4.64. The summed E-state index contributed by atoms with van der Waals surface area (Å²) in [6, 6.07) is 12.5. The first-order chi connectivity index (χ1) is 15.3. The van der Waals surface area contributed by atoms with Crippen LogP contribution in [0.1, 0.15) is 29.2 Å².